The molecule has 0 aliphatic carbocycles. The van der Waals surface area contributed by atoms with Gasteiger partial charge < -0.3 is 4.42 Å². The zero-order chi connectivity index (χ0) is 12.0. The van der Waals surface area contributed by atoms with Crippen LogP contribution in [0.15, 0.2) is 51.8 Å². The number of rotatable bonds is 1. The Balaban J connectivity index is 2.46. The van der Waals surface area contributed by atoms with Gasteiger partial charge in [0.2, 0.25) is 0 Å². The third kappa shape index (κ3) is 1.69. The number of hydrogen-bond donors (Lipinski definition) is 0. The SMILES string of the molecule is O=S(=O)([ClH+])c1ccc2oc3ccccc3c2c1. The summed E-state index contributed by atoms with van der Waals surface area (Å²) in [4.78, 5) is 0.131. The second-order valence-electron chi connectivity index (χ2n) is 3.71. The summed E-state index contributed by atoms with van der Waals surface area (Å²) in [6.07, 6.45) is 0. The summed E-state index contributed by atoms with van der Waals surface area (Å²) in [5, 5.41) is 1.66. The molecule has 1 heterocycles. The Morgan fingerprint density at radius 2 is 1.65 bits per heavy atom. The first kappa shape index (κ1) is 10.6. The van der Waals surface area contributed by atoms with Crippen LogP contribution in [0.25, 0.3) is 21.9 Å². The van der Waals surface area contributed by atoms with Crippen molar-refractivity contribution in [1.29, 1.82) is 0 Å². The molecule has 0 unspecified atom stereocenters. The fourth-order valence-electron chi connectivity index (χ4n) is 1.86. The summed E-state index contributed by atoms with van der Waals surface area (Å²) in [6, 6.07) is 12.1. The summed E-state index contributed by atoms with van der Waals surface area (Å²) in [7, 11) is 0.853. The second kappa shape index (κ2) is 3.48. The van der Waals surface area contributed by atoms with Crippen LogP contribution in [0, 0.1) is 10.7 Å². The lowest BCUT2D eigenvalue weighted by atomic mass is 10.1. The number of halogens is 1. The monoisotopic (exact) mass is 267 g/mol. The standard InChI is InChI=1S/C12H8ClO3S/c13-17(14,15)8-5-6-12-10(7-8)9-3-1-2-4-11(9)16-12/h1-7,13H/q+1. The van der Waals surface area contributed by atoms with Gasteiger partial charge in [-0.05, 0) is 24.3 Å². The highest BCUT2D eigenvalue weighted by Crippen LogP contribution is 2.30. The molecular weight excluding hydrogens is 260 g/mol. The lowest BCUT2D eigenvalue weighted by Gasteiger charge is -1.91. The van der Waals surface area contributed by atoms with Crippen LogP contribution >= 0.6 is 0 Å². The van der Waals surface area contributed by atoms with Crippen molar-refractivity contribution in [2.45, 2.75) is 4.90 Å². The summed E-state index contributed by atoms with van der Waals surface area (Å²) in [5.41, 5.74) is 1.40. The van der Waals surface area contributed by atoms with Crippen molar-refractivity contribution in [2.24, 2.45) is 0 Å². The van der Waals surface area contributed by atoms with Gasteiger partial charge in [0.05, 0.1) is 0 Å². The van der Waals surface area contributed by atoms with Crippen molar-refractivity contribution >= 4 is 31.0 Å². The largest absolute Gasteiger partial charge is 0.456 e. The van der Waals surface area contributed by atoms with Gasteiger partial charge in [-0.3, -0.25) is 0 Å². The minimum Gasteiger partial charge on any atom is -0.456 e. The molecule has 0 aliphatic heterocycles. The molecule has 0 atom stereocenters. The topological polar surface area (TPSA) is 47.3 Å². The molecule has 0 amide bonds. The van der Waals surface area contributed by atoms with Crippen molar-refractivity contribution in [3.05, 3.63) is 42.5 Å². The predicted molar refractivity (Wildman–Crippen MR) is 62.3 cm³/mol. The normalized spacial score (nSPS) is 12.3. The minimum atomic E-state index is -3.60. The molecule has 3 aromatic rings. The maximum Gasteiger partial charge on any atom is 0.409 e. The van der Waals surface area contributed by atoms with Gasteiger partial charge >= 0.3 is 9.05 Å². The van der Waals surface area contributed by atoms with Crippen LogP contribution in [0.2, 0.25) is 0 Å². The Morgan fingerprint density at radius 3 is 2.41 bits per heavy atom. The van der Waals surface area contributed by atoms with E-state index in [4.69, 9.17) is 4.42 Å². The lowest BCUT2D eigenvalue weighted by Crippen LogP contribution is -1.93. The van der Waals surface area contributed by atoms with Gasteiger partial charge in [0.15, 0.2) is 0 Å². The van der Waals surface area contributed by atoms with Crippen LogP contribution in [0.1, 0.15) is 0 Å². The van der Waals surface area contributed by atoms with Crippen molar-refractivity contribution in [2.75, 3.05) is 0 Å². The van der Waals surface area contributed by atoms with E-state index in [1.54, 1.807) is 12.1 Å². The summed E-state index contributed by atoms with van der Waals surface area (Å²) in [5.74, 6) is 0. The number of hydrogen-bond acceptors (Lipinski definition) is 3. The molecule has 3 nitrogen and oxygen atoms in total. The molecule has 0 saturated carbocycles. The molecule has 86 valence electrons. The van der Waals surface area contributed by atoms with Crippen LogP contribution < -0.4 is 0 Å². The average molecular weight is 268 g/mol. The van der Waals surface area contributed by atoms with Gasteiger partial charge in [0.25, 0.3) is 10.7 Å². The van der Waals surface area contributed by atoms with Gasteiger partial charge in [-0.25, -0.2) is 0 Å². The predicted octanol–water partition coefficient (Wildman–Crippen LogP) is 2.56. The smallest absolute Gasteiger partial charge is 0.409 e. The van der Waals surface area contributed by atoms with Crippen molar-refractivity contribution in [3.8, 4) is 0 Å². The molecule has 0 bridgehead atoms. The fourth-order valence-corrected chi connectivity index (χ4v) is 2.67. The lowest BCUT2D eigenvalue weighted by molar-refractivity contribution is -0.164. The summed E-state index contributed by atoms with van der Waals surface area (Å²) < 4.78 is 28.2. The minimum absolute atomic E-state index is 0.131. The Kier molecular flexibility index (Phi) is 2.18. The van der Waals surface area contributed by atoms with Crippen LogP contribution in [-0.2, 0) is 9.05 Å². The molecule has 0 aliphatic rings. The maximum atomic E-state index is 11.3. The highest BCUT2D eigenvalue weighted by molar-refractivity contribution is 7.84. The Labute approximate surface area is 102 Å². The Bertz CT molecular complexity index is 818. The van der Waals surface area contributed by atoms with E-state index in [-0.39, 0.29) is 4.90 Å². The maximum absolute atomic E-state index is 11.3. The van der Waals surface area contributed by atoms with E-state index in [1.165, 1.54) is 6.07 Å². The van der Waals surface area contributed by atoms with Crippen molar-refractivity contribution in [3.63, 3.8) is 0 Å². The number of para-hydroxylation sites is 1. The van der Waals surface area contributed by atoms with E-state index in [0.717, 1.165) is 16.4 Å². The van der Waals surface area contributed by atoms with E-state index in [0.29, 0.717) is 5.58 Å². The Hall–Kier alpha value is -1.52. The molecule has 0 fully saturated rings. The molecule has 3 rings (SSSR count). The van der Waals surface area contributed by atoms with Gasteiger partial charge in [-0.2, -0.15) is 8.42 Å². The second-order valence-corrected chi connectivity index (χ2v) is 6.41. The first-order chi connectivity index (χ1) is 8.05. The molecule has 0 saturated heterocycles. The van der Waals surface area contributed by atoms with E-state index >= 15 is 0 Å². The van der Waals surface area contributed by atoms with Crippen LogP contribution in [0.3, 0.4) is 0 Å². The Morgan fingerprint density at radius 1 is 0.941 bits per heavy atom. The van der Waals surface area contributed by atoms with Crippen LogP contribution in [-0.4, -0.2) is 8.42 Å². The molecular formula is C12H8ClO3S+. The van der Waals surface area contributed by atoms with E-state index < -0.39 is 9.05 Å². The van der Waals surface area contributed by atoms with Gasteiger partial charge in [0, 0.05) is 10.8 Å². The molecule has 2 aromatic carbocycles. The number of fused-ring (bicyclic) bond motifs is 3. The first-order valence-electron chi connectivity index (χ1n) is 4.93. The fraction of sp³-hybridized carbons (Fsp3) is 0. The third-order valence-corrected chi connectivity index (χ3v) is 4.05. The van der Waals surface area contributed by atoms with Crippen LogP contribution in [0.4, 0.5) is 0 Å². The summed E-state index contributed by atoms with van der Waals surface area (Å²) in [6.45, 7) is 0. The summed E-state index contributed by atoms with van der Waals surface area (Å²) >= 11 is 0. The molecule has 0 spiro atoms. The third-order valence-electron chi connectivity index (χ3n) is 2.64. The average Bonchev–Trinajstić information content (AvgIpc) is 2.65. The van der Waals surface area contributed by atoms with Gasteiger partial charge in [0.1, 0.15) is 16.1 Å². The number of furan rings is 1. The van der Waals surface area contributed by atoms with Gasteiger partial charge in [-0.1, -0.05) is 18.2 Å². The van der Waals surface area contributed by atoms with Crippen LogP contribution in [0.5, 0.6) is 0 Å². The van der Waals surface area contributed by atoms with Crippen molar-refractivity contribution in [1.82, 2.24) is 0 Å². The number of benzene rings is 2. The molecule has 1 aromatic heterocycles. The van der Waals surface area contributed by atoms with E-state index in [1.807, 2.05) is 24.3 Å². The highest BCUT2D eigenvalue weighted by Gasteiger charge is 2.19. The van der Waals surface area contributed by atoms with E-state index in [9.17, 15) is 8.42 Å². The first-order valence-corrected chi connectivity index (χ1v) is 7.34. The van der Waals surface area contributed by atoms with Crippen molar-refractivity contribution < 1.29 is 23.5 Å². The van der Waals surface area contributed by atoms with Gasteiger partial charge in [-0.15, -0.1) is 0 Å². The highest BCUT2D eigenvalue weighted by atomic mass is 35.7. The molecule has 0 N–H and O–H groups in total. The zero-order valence-electron chi connectivity index (χ0n) is 8.58. The molecule has 5 heteroatoms. The molecule has 0 radical (unpaired) electrons. The molecule has 17 heavy (non-hydrogen) atoms. The van der Waals surface area contributed by atoms with E-state index in [2.05, 4.69) is 10.7 Å². The zero-order valence-corrected chi connectivity index (χ0v) is 10.2. The quantitative estimate of drug-likeness (QED) is 0.637.